The van der Waals surface area contributed by atoms with Crippen LogP contribution in [0.15, 0.2) is 12.4 Å². The summed E-state index contributed by atoms with van der Waals surface area (Å²) in [6, 6.07) is 0.321. The first kappa shape index (κ1) is 11.5. The minimum atomic E-state index is 0.144. The highest BCUT2D eigenvalue weighted by Crippen LogP contribution is 2.11. The lowest BCUT2D eigenvalue weighted by Gasteiger charge is -2.23. The van der Waals surface area contributed by atoms with Gasteiger partial charge in [-0.25, -0.2) is 0 Å². The van der Waals surface area contributed by atoms with Crippen molar-refractivity contribution in [3.05, 3.63) is 17.4 Å². The third-order valence-corrected chi connectivity index (χ3v) is 2.14. The Labute approximate surface area is 90.4 Å². The third-order valence-electron chi connectivity index (χ3n) is 1.95. The van der Waals surface area contributed by atoms with Crippen molar-refractivity contribution in [3.8, 4) is 0 Å². The van der Waals surface area contributed by atoms with Gasteiger partial charge in [0.15, 0.2) is 0 Å². The van der Waals surface area contributed by atoms with Crippen molar-refractivity contribution in [2.24, 2.45) is 0 Å². The largest absolute Gasteiger partial charge is 0.310 e. The van der Waals surface area contributed by atoms with E-state index in [4.69, 9.17) is 11.6 Å². The summed E-state index contributed by atoms with van der Waals surface area (Å²) < 4.78 is 1.88. The van der Waals surface area contributed by atoms with Crippen molar-refractivity contribution >= 4 is 11.6 Å². The summed E-state index contributed by atoms with van der Waals surface area (Å²) in [5, 5.41) is 8.27. The van der Waals surface area contributed by atoms with Crippen LogP contribution < -0.4 is 5.32 Å². The first-order valence-corrected chi connectivity index (χ1v) is 5.21. The fourth-order valence-corrected chi connectivity index (χ4v) is 1.25. The molecule has 0 radical (unpaired) electrons. The van der Waals surface area contributed by atoms with Gasteiger partial charge in [0.25, 0.3) is 0 Å². The molecule has 0 saturated heterocycles. The molecule has 0 aliphatic rings. The second-order valence-electron chi connectivity index (χ2n) is 4.62. The van der Waals surface area contributed by atoms with Crippen LogP contribution in [0.1, 0.15) is 33.7 Å². The highest BCUT2D eigenvalue weighted by Gasteiger charge is 2.12. The van der Waals surface area contributed by atoms with Gasteiger partial charge < -0.3 is 5.32 Å². The molecule has 1 heterocycles. The van der Waals surface area contributed by atoms with Gasteiger partial charge in [0.1, 0.15) is 0 Å². The fraction of sp³-hybridized carbons (Fsp3) is 0.700. The summed E-state index contributed by atoms with van der Waals surface area (Å²) in [5.74, 6) is 0. The van der Waals surface area contributed by atoms with E-state index < -0.39 is 0 Å². The van der Waals surface area contributed by atoms with E-state index in [0.29, 0.717) is 11.1 Å². The summed E-state index contributed by atoms with van der Waals surface area (Å²) in [4.78, 5) is 0. The Bertz CT molecular complexity index is 288. The monoisotopic (exact) mass is 215 g/mol. The molecular formula is C10H18ClN3. The van der Waals surface area contributed by atoms with Crippen molar-refractivity contribution in [1.29, 1.82) is 0 Å². The maximum atomic E-state index is 5.79. The lowest BCUT2D eigenvalue weighted by molar-refractivity contribution is 0.365. The SMILES string of the molecule is CC(CNC(C)(C)C)n1cc(Cl)cn1. The molecule has 1 rings (SSSR count). The molecule has 0 amide bonds. The fourth-order valence-electron chi connectivity index (χ4n) is 1.10. The standard InChI is InChI=1S/C10H18ClN3/c1-8(5-12-10(2,3)4)14-7-9(11)6-13-14/h6-8,12H,5H2,1-4H3. The van der Waals surface area contributed by atoms with Crippen LogP contribution in [0.25, 0.3) is 0 Å². The number of nitrogens with zero attached hydrogens (tertiary/aromatic N) is 2. The molecule has 0 fully saturated rings. The lowest BCUT2D eigenvalue weighted by Crippen LogP contribution is -2.39. The molecule has 0 spiro atoms. The molecule has 0 aliphatic heterocycles. The highest BCUT2D eigenvalue weighted by atomic mass is 35.5. The van der Waals surface area contributed by atoms with E-state index in [1.807, 2.05) is 10.9 Å². The molecule has 80 valence electrons. The number of hydrogen-bond donors (Lipinski definition) is 1. The first-order valence-electron chi connectivity index (χ1n) is 4.83. The van der Waals surface area contributed by atoms with Gasteiger partial charge in [0, 0.05) is 18.3 Å². The second-order valence-corrected chi connectivity index (χ2v) is 5.05. The molecule has 0 aromatic carbocycles. The van der Waals surface area contributed by atoms with Gasteiger partial charge in [-0.05, 0) is 27.7 Å². The van der Waals surface area contributed by atoms with E-state index in [-0.39, 0.29) is 5.54 Å². The molecule has 1 aromatic rings. The predicted octanol–water partition coefficient (Wildman–Crippen LogP) is 2.49. The van der Waals surface area contributed by atoms with Crippen LogP contribution in [0.5, 0.6) is 0 Å². The quantitative estimate of drug-likeness (QED) is 0.840. The number of hydrogen-bond acceptors (Lipinski definition) is 2. The average molecular weight is 216 g/mol. The van der Waals surface area contributed by atoms with Crippen LogP contribution >= 0.6 is 11.6 Å². The molecular weight excluding hydrogens is 198 g/mol. The van der Waals surface area contributed by atoms with E-state index in [1.54, 1.807) is 6.20 Å². The number of halogens is 1. The van der Waals surface area contributed by atoms with Crippen LogP contribution in [0.2, 0.25) is 5.02 Å². The van der Waals surface area contributed by atoms with Gasteiger partial charge >= 0.3 is 0 Å². The Morgan fingerprint density at radius 3 is 2.64 bits per heavy atom. The van der Waals surface area contributed by atoms with E-state index in [0.717, 1.165) is 6.54 Å². The van der Waals surface area contributed by atoms with Crippen LogP contribution in [-0.4, -0.2) is 21.9 Å². The van der Waals surface area contributed by atoms with Gasteiger partial charge in [0.2, 0.25) is 0 Å². The number of nitrogens with one attached hydrogen (secondary N) is 1. The van der Waals surface area contributed by atoms with Gasteiger partial charge in [-0.1, -0.05) is 11.6 Å². The predicted molar refractivity (Wildman–Crippen MR) is 59.7 cm³/mol. The summed E-state index contributed by atoms with van der Waals surface area (Å²) >= 11 is 5.79. The Kier molecular flexibility index (Phi) is 3.56. The number of rotatable bonds is 3. The minimum absolute atomic E-state index is 0.144. The smallest absolute Gasteiger partial charge is 0.0785 e. The summed E-state index contributed by atoms with van der Waals surface area (Å²) in [7, 11) is 0. The number of aromatic nitrogens is 2. The summed E-state index contributed by atoms with van der Waals surface area (Å²) in [6.07, 6.45) is 3.51. The Hall–Kier alpha value is -0.540. The molecule has 1 atom stereocenters. The van der Waals surface area contributed by atoms with Gasteiger partial charge in [-0.15, -0.1) is 0 Å². The zero-order valence-corrected chi connectivity index (χ0v) is 9.97. The van der Waals surface area contributed by atoms with E-state index in [9.17, 15) is 0 Å². The Morgan fingerprint density at radius 2 is 2.21 bits per heavy atom. The summed E-state index contributed by atoms with van der Waals surface area (Å²) in [5.41, 5.74) is 0.144. The lowest BCUT2D eigenvalue weighted by atomic mass is 10.1. The molecule has 3 nitrogen and oxygen atoms in total. The van der Waals surface area contributed by atoms with E-state index >= 15 is 0 Å². The van der Waals surface area contributed by atoms with E-state index in [1.165, 1.54) is 0 Å². The molecule has 1 N–H and O–H groups in total. The maximum absolute atomic E-state index is 5.79. The normalized spacial score (nSPS) is 14.4. The van der Waals surface area contributed by atoms with Crippen molar-refractivity contribution in [1.82, 2.24) is 15.1 Å². The molecule has 0 aliphatic carbocycles. The molecule has 4 heteroatoms. The van der Waals surface area contributed by atoms with Crippen LogP contribution in [0.3, 0.4) is 0 Å². The minimum Gasteiger partial charge on any atom is -0.310 e. The third kappa shape index (κ3) is 3.68. The Morgan fingerprint density at radius 1 is 1.57 bits per heavy atom. The Balaban J connectivity index is 2.47. The highest BCUT2D eigenvalue weighted by molar-refractivity contribution is 6.30. The zero-order chi connectivity index (χ0) is 10.8. The van der Waals surface area contributed by atoms with Crippen LogP contribution in [0, 0.1) is 0 Å². The van der Waals surface area contributed by atoms with Crippen molar-refractivity contribution in [2.45, 2.75) is 39.3 Å². The van der Waals surface area contributed by atoms with Gasteiger partial charge in [0.05, 0.1) is 17.3 Å². The molecule has 0 bridgehead atoms. The van der Waals surface area contributed by atoms with Crippen molar-refractivity contribution in [3.63, 3.8) is 0 Å². The van der Waals surface area contributed by atoms with Gasteiger partial charge in [-0.3, -0.25) is 4.68 Å². The molecule has 1 unspecified atom stereocenters. The topological polar surface area (TPSA) is 29.9 Å². The maximum Gasteiger partial charge on any atom is 0.0785 e. The van der Waals surface area contributed by atoms with Crippen molar-refractivity contribution < 1.29 is 0 Å². The van der Waals surface area contributed by atoms with E-state index in [2.05, 4.69) is 38.1 Å². The summed E-state index contributed by atoms with van der Waals surface area (Å²) in [6.45, 7) is 9.45. The van der Waals surface area contributed by atoms with Crippen LogP contribution in [0.4, 0.5) is 0 Å². The molecule has 14 heavy (non-hydrogen) atoms. The zero-order valence-electron chi connectivity index (χ0n) is 9.21. The first-order chi connectivity index (χ1) is 6.38. The molecule has 1 aromatic heterocycles. The van der Waals surface area contributed by atoms with Crippen molar-refractivity contribution in [2.75, 3.05) is 6.54 Å². The molecule has 0 saturated carbocycles. The van der Waals surface area contributed by atoms with Gasteiger partial charge in [-0.2, -0.15) is 5.10 Å². The van der Waals surface area contributed by atoms with Crippen LogP contribution in [-0.2, 0) is 0 Å². The average Bonchev–Trinajstić information content (AvgIpc) is 2.46. The second kappa shape index (κ2) is 4.32.